The van der Waals surface area contributed by atoms with Gasteiger partial charge in [0.15, 0.2) is 11.5 Å². The van der Waals surface area contributed by atoms with Crippen LogP contribution in [0.25, 0.3) is 6.08 Å². The summed E-state index contributed by atoms with van der Waals surface area (Å²) in [5.41, 5.74) is 1.47. The second kappa shape index (κ2) is 9.11. The molecule has 30 heavy (non-hydrogen) atoms. The molecular weight excluding hydrogens is 505 g/mol. The van der Waals surface area contributed by atoms with Crippen molar-refractivity contribution in [2.45, 2.75) is 13.5 Å². The van der Waals surface area contributed by atoms with Crippen LogP contribution in [0.2, 0.25) is 0 Å². The maximum Gasteiger partial charge on any atom is 0.328 e. The van der Waals surface area contributed by atoms with Gasteiger partial charge in [0.05, 0.1) is 15.1 Å². The lowest BCUT2D eigenvalue weighted by Gasteiger charge is -2.15. The number of non-ortho nitro benzene ring substituents is 1. The smallest absolute Gasteiger partial charge is 0.328 e. The number of imide groups is 1. The highest BCUT2D eigenvalue weighted by molar-refractivity contribution is 14.1. The molecule has 9 nitrogen and oxygen atoms in total. The van der Waals surface area contributed by atoms with Gasteiger partial charge < -0.3 is 14.8 Å². The van der Waals surface area contributed by atoms with Crippen LogP contribution in [0.3, 0.4) is 0 Å². The predicted octanol–water partition coefficient (Wildman–Crippen LogP) is 3.70. The molecule has 0 spiro atoms. The summed E-state index contributed by atoms with van der Waals surface area (Å²) in [4.78, 5) is 35.2. The number of benzene rings is 2. The summed E-state index contributed by atoms with van der Waals surface area (Å²) in [5.74, 6) is 0.538. The van der Waals surface area contributed by atoms with Crippen molar-refractivity contribution < 1.29 is 24.0 Å². The van der Waals surface area contributed by atoms with Crippen molar-refractivity contribution in [1.82, 2.24) is 10.2 Å². The van der Waals surface area contributed by atoms with Crippen LogP contribution in [0.1, 0.15) is 18.1 Å². The lowest BCUT2D eigenvalue weighted by Crippen LogP contribution is -2.25. The zero-order valence-corrected chi connectivity index (χ0v) is 18.3. The second-order valence-corrected chi connectivity index (χ2v) is 7.49. The fourth-order valence-electron chi connectivity index (χ4n) is 2.78. The van der Waals surface area contributed by atoms with E-state index in [9.17, 15) is 19.7 Å². The highest BCUT2D eigenvalue weighted by Gasteiger charge is 2.30. The summed E-state index contributed by atoms with van der Waals surface area (Å²) in [6, 6.07) is 9.23. The van der Waals surface area contributed by atoms with E-state index >= 15 is 0 Å². The van der Waals surface area contributed by atoms with Crippen LogP contribution in [0, 0.1) is 13.7 Å². The lowest BCUT2D eigenvalue weighted by molar-refractivity contribution is -0.384. The fourth-order valence-corrected chi connectivity index (χ4v) is 3.56. The molecular formula is C20H18IN3O6. The Labute approximate surface area is 185 Å². The monoisotopic (exact) mass is 523 g/mol. The van der Waals surface area contributed by atoms with Gasteiger partial charge in [-0.05, 0) is 58.9 Å². The normalized spacial score (nSPS) is 14.8. The minimum Gasteiger partial charge on any atom is -0.490 e. The van der Waals surface area contributed by atoms with Crippen LogP contribution in [-0.4, -0.2) is 35.4 Å². The third-order valence-electron chi connectivity index (χ3n) is 4.23. The number of hydrogen-bond donors (Lipinski definition) is 1. The number of amides is 3. The lowest BCUT2D eigenvalue weighted by atomic mass is 10.1. The van der Waals surface area contributed by atoms with E-state index in [1.54, 1.807) is 30.3 Å². The van der Waals surface area contributed by atoms with E-state index < -0.39 is 16.9 Å². The summed E-state index contributed by atoms with van der Waals surface area (Å²) in [5, 5.41) is 13.5. The van der Waals surface area contributed by atoms with Gasteiger partial charge >= 0.3 is 6.03 Å². The van der Waals surface area contributed by atoms with Crippen molar-refractivity contribution in [3.8, 4) is 11.5 Å². The Balaban J connectivity index is 1.87. The Bertz CT molecular complexity index is 1050. The SMILES string of the molecule is CCOc1cc(/C=C2/NC(=O)N(C)C2=O)cc(I)c1OCc1cccc([N+](=O)[O-])c1. The van der Waals surface area contributed by atoms with Crippen molar-refractivity contribution >= 4 is 46.3 Å². The van der Waals surface area contributed by atoms with Gasteiger partial charge in [0.2, 0.25) is 0 Å². The molecule has 1 N–H and O–H groups in total. The number of carbonyl (C=O) groups excluding carboxylic acids is 2. The third kappa shape index (κ3) is 4.70. The number of nitro benzene ring substituents is 1. The Morgan fingerprint density at radius 1 is 1.23 bits per heavy atom. The van der Waals surface area contributed by atoms with E-state index in [1.807, 2.05) is 6.92 Å². The molecule has 0 aromatic heterocycles. The summed E-state index contributed by atoms with van der Waals surface area (Å²) >= 11 is 2.09. The molecule has 0 aliphatic carbocycles. The van der Waals surface area contributed by atoms with Gasteiger partial charge in [-0.2, -0.15) is 0 Å². The molecule has 0 unspecified atom stereocenters. The minimum atomic E-state index is -0.483. The number of hydrogen-bond acceptors (Lipinski definition) is 6. The number of nitrogens with one attached hydrogen (secondary N) is 1. The van der Waals surface area contributed by atoms with E-state index in [2.05, 4.69) is 27.9 Å². The quantitative estimate of drug-likeness (QED) is 0.195. The molecule has 0 radical (unpaired) electrons. The van der Waals surface area contributed by atoms with Gasteiger partial charge in [-0.25, -0.2) is 4.79 Å². The van der Waals surface area contributed by atoms with Crippen molar-refractivity contribution in [3.05, 3.63) is 66.9 Å². The maximum absolute atomic E-state index is 12.1. The van der Waals surface area contributed by atoms with Crippen LogP contribution in [0.4, 0.5) is 10.5 Å². The van der Waals surface area contributed by atoms with Crippen molar-refractivity contribution in [2.75, 3.05) is 13.7 Å². The molecule has 1 aliphatic rings. The Morgan fingerprint density at radius 2 is 2.00 bits per heavy atom. The molecule has 3 amide bonds. The summed E-state index contributed by atoms with van der Waals surface area (Å²) in [7, 11) is 1.40. The molecule has 1 aliphatic heterocycles. The molecule has 156 valence electrons. The molecule has 0 atom stereocenters. The number of halogens is 1. The molecule has 1 heterocycles. The van der Waals surface area contributed by atoms with Crippen molar-refractivity contribution in [1.29, 1.82) is 0 Å². The zero-order chi connectivity index (χ0) is 21.8. The average molecular weight is 523 g/mol. The zero-order valence-electron chi connectivity index (χ0n) is 16.2. The molecule has 3 rings (SSSR count). The highest BCUT2D eigenvalue weighted by Crippen LogP contribution is 2.35. The Hall–Kier alpha value is -3.15. The van der Waals surface area contributed by atoms with E-state index in [-0.39, 0.29) is 18.0 Å². The van der Waals surface area contributed by atoms with Gasteiger partial charge in [-0.15, -0.1) is 0 Å². The van der Waals surface area contributed by atoms with Crippen LogP contribution in [0.15, 0.2) is 42.1 Å². The first-order chi connectivity index (χ1) is 14.3. The van der Waals surface area contributed by atoms with Gasteiger partial charge in [0.25, 0.3) is 11.6 Å². The summed E-state index contributed by atoms with van der Waals surface area (Å²) < 4.78 is 12.3. The number of urea groups is 1. The average Bonchev–Trinajstić information content (AvgIpc) is 2.94. The topological polar surface area (TPSA) is 111 Å². The van der Waals surface area contributed by atoms with Crippen molar-refractivity contribution in [2.24, 2.45) is 0 Å². The van der Waals surface area contributed by atoms with Crippen LogP contribution in [-0.2, 0) is 11.4 Å². The predicted molar refractivity (Wildman–Crippen MR) is 117 cm³/mol. The first kappa shape index (κ1) is 21.6. The molecule has 2 aromatic carbocycles. The Kier molecular flexibility index (Phi) is 6.55. The third-order valence-corrected chi connectivity index (χ3v) is 5.03. The van der Waals surface area contributed by atoms with Crippen LogP contribution < -0.4 is 14.8 Å². The maximum atomic E-state index is 12.1. The molecule has 2 aromatic rings. The molecule has 1 fully saturated rings. The molecule has 0 saturated carbocycles. The van der Waals surface area contributed by atoms with Gasteiger partial charge in [-0.3, -0.25) is 19.8 Å². The van der Waals surface area contributed by atoms with Crippen molar-refractivity contribution in [3.63, 3.8) is 0 Å². The fraction of sp³-hybridized carbons (Fsp3) is 0.200. The van der Waals surface area contributed by atoms with Crippen LogP contribution >= 0.6 is 22.6 Å². The number of nitro groups is 1. The van der Waals surface area contributed by atoms with Gasteiger partial charge in [0, 0.05) is 19.2 Å². The standard InChI is InChI=1S/C20H18IN3O6/c1-3-29-17-10-13(9-16-19(25)23(2)20(26)22-16)8-15(21)18(17)30-11-12-5-4-6-14(7-12)24(27)28/h4-10H,3,11H2,1-2H3,(H,22,26)/b16-9+. The van der Waals surface area contributed by atoms with E-state index in [1.165, 1.54) is 19.2 Å². The molecule has 1 saturated heterocycles. The van der Waals surface area contributed by atoms with E-state index in [0.29, 0.717) is 29.2 Å². The Morgan fingerprint density at radius 3 is 2.63 bits per heavy atom. The van der Waals surface area contributed by atoms with Crippen LogP contribution in [0.5, 0.6) is 11.5 Å². The second-order valence-electron chi connectivity index (χ2n) is 6.33. The minimum absolute atomic E-state index is 0.00829. The summed E-state index contributed by atoms with van der Waals surface area (Å²) in [6.45, 7) is 2.34. The highest BCUT2D eigenvalue weighted by atomic mass is 127. The summed E-state index contributed by atoms with van der Waals surface area (Å²) in [6.07, 6.45) is 1.57. The number of carbonyl (C=O) groups is 2. The molecule has 0 bridgehead atoms. The van der Waals surface area contributed by atoms with E-state index in [0.717, 1.165) is 8.47 Å². The van der Waals surface area contributed by atoms with Gasteiger partial charge in [-0.1, -0.05) is 12.1 Å². The van der Waals surface area contributed by atoms with Gasteiger partial charge in [0.1, 0.15) is 12.3 Å². The number of nitrogens with zero attached hydrogens (tertiary/aromatic N) is 2. The molecule has 10 heteroatoms. The van der Waals surface area contributed by atoms with E-state index in [4.69, 9.17) is 9.47 Å². The number of rotatable bonds is 7. The number of ether oxygens (including phenoxy) is 2. The first-order valence-corrected chi connectivity index (χ1v) is 10.0. The largest absolute Gasteiger partial charge is 0.490 e. The first-order valence-electron chi connectivity index (χ1n) is 8.93. The number of likely N-dealkylation sites (N-methyl/N-ethyl adjacent to an activating group) is 1.